The van der Waals surface area contributed by atoms with E-state index in [-0.39, 0.29) is 57.8 Å². The van der Waals surface area contributed by atoms with Crippen LogP contribution in [0, 0.1) is 50.2 Å². The Bertz CT molecular complexity index is 1550. The first kappa shape index (κ1) is 38.5. The van der Waals surface area contributed by atoms with Gasteiger partial charge in [0.1, 0.15) is 19.0 Å². The number of benzene rings is 1. The third kappa shape index (κ3) is 6.56. The van der Waals surface area contributed by atoms with Gasteiger partial charge in [-0.1, -0.05) is 105 Å². The maximum absolute atomic E-state index is 14.3. The van der Waals surface area contributed by atoms with Gasteiger partial charge in [0.05, 0.1) is 10.8 Å². The van der Waals surface area contributed by atoms with Crippen molar-refractivity contribution in [3.8, 4) is 0 Å². The number of ketones is 1. The summed E-state index contributed by atoms with van der Waals surface area (Å²) in [4.78, 5) is 41.2. The molecule has 0 unspecified atom stereocenters. The highest BCUT2D eigenvalue weighted by atomic mass is 33.1. The number of ether oxygens (including phenoxy) is 2. The topological polar surface area (TPSA) is 69.7 Å². The molecule has 6 aliphatic rings. The Balaban J connectivity index is 1.10. The summed E-state index contributed by atoms with van der Waals surface area (Å²) in [5.41, 5.74) is 1.63. The average Bonchev–Trinajstić information content (AvgIpc) is 3.64. The van der Waals surface area contributed by atoms with E-state index in [9.17, 15) is 14.4 Å². The molecule has 1 aromatic rings. The molecule has 5 fully saturated rings. The summed E-state index contributed by atoms with van der Waals surface area (Å²) in [7, 11) is 3.97. The standard InChI is InChI=1S/C45H64O5S2/c1-40(2)23-25-45(39(48)49-29-31-12-8-7-9-13-31)26-24-43(5)33(34(45)28-40)16-17-36-41(3)21-19-37(46)42(4,35(41)18-22-44(36,43)6)30-50-38(47)15-11-10-14-32-20-27-51-52-32/h7-9,12-13,16,32,34-36H,10-11,14-15,17-30H2,1-6H3/t32-,34+,35-,36-,41+,42+,43-,44-,45+/m1/s1. The fourth-order valence-electron chi connectivity index (χ4n) is 12.8. The van der Waals surface area contributed by atoms with Gasteiger partial charge in [-0.3, -0.25) is 14.4 Å². The van der Waals surface area contributed by atoms with Crippen molar-refractivity contribution in [1.82, 2.24) is 0 Å². The molecule has 1 aromatic carbocycles. The van der Waals surface area contributed by atoms with Crippen molar-refractivity contribution in [2.45, 2.75) is 150 Å². The van der Waals surface area contributed by atoms with Crippen molar-refractivity contribution < 1.29 is 23.9 Å². The Morgan fingerprint density at radius 2 is 1.63 bits per heavy atom. The number of carbonyl (C=O) groups is 3. The number of hydrogen-bond acceptors (Lipinski definition) is 7. The molecule has 286 valence electrons. The second-order valence-electron chi connectivity index (χ2n) is 19.5. The molecule has 1 aliphatic heterocycles. The lowest BCUT2D eigenvalue weighted by molar-refractivity contribution is -0.198. The number of esters is 2. The van der Waals surface area contributed by atoms with Crippen LogP contribution < -0.4 is 0 Å². The van der Waals surface area contributed by atoms with E-state index in [1.807, 2.05) is 51.9 Å². The fraction of sp³-hybridized carbons (Fsp3) is 0.756. The minimum atomic E-state index is -0.649. The van der Waals surface area contributed by atoms with Gasteiger partial charge in [0.25, 0.3) is 0 Å². The lowest BCUT2D eigenvalue weighted by atomic mass is 9.33. The molecule has 1 heterocycles. The van der Waals surface area contributed by atoms with E-state index < -0.39 is 10.8 Å². The predicted molar refractivity (Wildman–Crippen MR) is 212 cm³/mol. The zero-order valence-electron chi connectivity index (χ0n) is 32.9. The molecule has 5 aliphatic carbocycles. The summed E-state index contributed by atoms with van der Waals surface area (Å²) < 4.78 is 12.2. The molecule has 5 nitrogen and oxygen atoms in total. The van der Waals surface area contributed by atoms with Crippen LogP contribution >= 0.6 is 21.6 Å². The number of allylic oxidation sites excluding steroid dienone is 2. The summed E-state index contributed by atoms with van der Waals surface area (Å²) in [5.74, 6) is 2.19. The monoisotopic (exact) mass is 748 g/mol. The van der Waals surface area contributed by atoms with E-state index in [0.717, 1.165) is 81.4 Å². The SMILES string of the molecule is CC1(C)CC[C@]2(C(=O)OCc3ccccc3)CC[C@]3(C)C(=CC[C@@H]4[C@@]5(C)CCC(=O)[C@@](C)(COC(=O)CCCC[C@@H]6CCSS6)[C@@H]5CC[C@]43C)[C@@H]2C1. The Labute approximate surface area is 321 Å². The normalized spacial score (nSPS) is 40.7. The first-order valence-electron chi connectivity index (χ1n) is 20.6. The summed E-state index contributed by atoms with van der Waals surface area (Å²) in [6.45, 7) is 15.0. The van der Waals surface area contributed by atoms with Crippen LogP contribution in [0.25, 0.3) is 0 Å². The molecule has 0 radical (unpaired) electrons. The van der Waals surface area contributed by atoms with Gasteiger partial charge in [-0.15, -0.1) is 0 Å². The van der Waals surface area contributed by atoms with Crippen LogP contribution in [0.5, 0.6) is 0 Å². The van der Waals surface area contributed by atoms with Gasteiger partial charge < -0.3 is 9.47 Å². The van der Waals surface area contributed by atoms with Crippen molar-refractivity contribution in [2.24, 2.45) is 50.2 Å². The van der Waals surface area contributed by atoms with Crippen LogP contribution in [-0.4, -0.2) is 35.3 Å². The zero-order chi connectivity index (χ0) is 37.0. The largest absolute Gasteiger partial charge is 0.465 e. The highest BCUT2D eigenvalue weighted by Gasteiger charge is 2.70. The van der Waals surface area contributed by atoms with Crippen LogP contribution in [0.15, 0.2) is 42.0 Å². The predicted octanol–water partition coefficient (Wildman–Crippen LogP) is 11.3. The van der Waals surface area contributed by atoms with Crippen LogP contribution in [0.4, 0.5) is 0 Å². The van der Waals surface area contributed by atoms with Crippen molar-refractivity contribution >= 4 is 39.3 Å². The van der Waals surface area contributed by atoms with E-state index in [2.05, 4.69) is 47.6 Å². The first-order valence-corrected chi connectivity index (χ1v) is 22.9. The number of unbranched alkanes of at least 4 members (excludes halogenated alkanes) is 1. The maximum Gasteiger partial charge on any atom is 0.313 e. The van der Waals surface area contributed by atoms with Gasteiger partial charge in [0, 0.05) is 23.8 Å². The average molecular weight is 749 g/mol. The van der Waals surface area contributed by atoms with E-state index >= 15 is 0 Å². The molecule has 9 atom stereocenters. The number of carbonyl (C=O) groups excluding carboxylic acids is 3. The third-order valence-corrected chi connectivity index (χ3v) is 19.2. The summed E-state index contributed by atoms with van der Waals surface area (Å²) in [6.07, 6.45) is 16.7. The van der Waals surface area contributed by atoms with E-state index in [1.54, 1.807) is 0 Å². The van der Waals surface area contributed by atoms with E-state index in [4.69, 9.17) is 9.47 Å². The Hall–Kier alpha value is -1.73. The number of hydrogen-bond donors (Lipinski definition) is 0. The van der Waals surface area contributed by atoms with Crippen molar-refractivity contribution in [3.63, 3.8) is 0 Å². The minimum Gasteiger partial charge on any atom is -0.465 e. The molecule has 0 bridgehead atoms. The molecule has 7 rings (SSSR count). The molecule has 0 amide bonds. The Morgan fingerprint density at radius 3 is 2.38 bits per heavy atom. The van der Waals surface area contributed by atoms with Crippen molar-refractivity contribution in [1.29, 1.82) is 0 Å². The maximum atomic E-state index is 14.3. The van der Waals surface area contributed by atoms with Gasteiger partial charge >= 0.3 is 11.9 Å². The highest BCUT2D eigenvalue weighted by Crippen LogP contribution is 2.75. The molecular formula is C45H64O5S2. The third-order valence-electron chi connectivity index (χ3n) is 16.2. The minimum absolute atomic E-state index is 0.00534. The molecule has 0 spiro atoms. The van der Waals surface area contributed by atoms with Crippen molar-refractivity contribution in [3.05, 3.63) is 47.5 Å². The van der Waals surface area contributed by atoms with Crippen LogP contribution in [-0.2, 0) is 30.5 Å². The number of Topliss-reactive ketones (excluding diaryl/α,β-unsaturated/α-hetero) is 1. The van der Waals surface area contributed by atoms with E-state index in [0.29, 0.717) is 25.4 Å². The van der Waals surface area contributed by atoms with Crippen LogP contribution in [0.3, 0.4) is 0 Å². The van der Waals surface area contributed by atoms with Gasteiger partial charge in [0.15, 0.2) is 0 Å². The molecular weight excluding hydrogens is 685 g/mol. The lowest BCUT2D eigenvalue weighted by Crippen LogP contribution is -2.65. The van der Waals surface area contributed by atoms with Gasteiger partial charge in [-0.05, 0) is 129 Å². The van der Waals surface area contributed by atoms with E-state index in [1.165, 1.54) is 24.2 Å². The summed E-state index contributed by atoms with van der Waals surface area (Å²) in [6, 6.07) is 10.1. The number of fused-ring (bicyclic) bond motifs is 7. The van der Waals surface area contributed by atoms with Gasteiger partial charge in [-0.2, -0.15) is 0 Å². The molecule has 0 aromatic heterocycles. The molecule has 0 N–H and O–H groups in total. The quantitative estimate of drug-likeness (QED) is 0.102. The molecule has 4 saturated carbocycles. The molecule has 1 saturated heterocycles. The van der Waals surface area contributed by atoms with Gasteiger partial charge in [-0.25, -0.2) is 0 Å². The zero-order valence-corrected chi connectivity index (χ0v) is 34.5. The Morgan fingerprint density at radius 1 is 0.865 bits per heavy atom. The second kappa shape index (κ2) is 14.4. The smallest absolute Gasteiger partial charge is 0.313 e. The number of rotatable bonds is 10. The first-order chi connectivity index (χ1) is 24.7. The summed E-state index contributed by atoms with van der Waals surface area (Å²) >= 11 is 0. The molecule has 52 heavy (non-hydrogen) atoms. The molecule has 7 heteroatoms. The second-order valence-corrected chi connectivity index (χ2v) is 22.3. The fourth-order valence-corrected chi connectivity index (χ4v) is 15.8. The van der Waals surface area contributed by atoms with Gasteiger partial charge in [0.2, 0.25) is 0 Å². The Kier molecular flexibility index (Phi) is 10.7. The highest BCUT2D eigenvalue weighted by molar-refractivity contribution is 8.77. The van der Waals surface area contributed by atoms with Crippen LogP contribution in [0.1, 0.15) is 143 Å². The lowest BCUT2D eigenvalue weighted by Gasteiger charge is -2.70. The summed E-state index contributed by atoms with van der Waals surface area (Å²) in [5, 5.41) is 0.731. The van der Waals surface area contributed by atoms with Crippen LogP contribution in [0.2, 0.25) is 0 Å². The van der Waals surface area contributed by atoms with Crippen molar-refractivity contribution in [2.75, 3.05) is 12.4 Å².